The molecule has 2 atom stereocenters. The van der Waals surface area contributed by atoms with Gasteiger partial charge in [0, 0.05) is 25.8 Å². The van der Waals surface area contributed by atoms with Crippen LogP contribution in [-0.4, -0.2) is 47.7 Å². The van der Waals surface area contributed by atoms with Gasteiger partial charge in [0.15, 0.2) is 11.4 Å². The third-order valence-electron chi connectivity index (χ3n) is 6.57. The number of aryl methyl sites for hydroxylation is 1. The molecule has 1 N–H and O–H groups in total. The Hall–Kier alpha value is -4.05. The summed E-state index contributed by atoms with van der Waals surface area (Å²) in [6.07, 6.45) is 0.662. The number of methoxy groups -OCH3 is 1. The maximum absolute atomic E-state index is 13.3. The highest BCUT2D eigenvalue weighted by Crippen LogP contribution is 2.27. The van der Waals surface area contributed by atoms with Crippen molar-refractivity contribution >= 4 is 34.6 Å². The van der Waals surface area contributed by atoms with E-state index >= 15 is 0 Å². The van der Waals surface area contributed by atoms with Crippen molar-refractivity contribution in [2.24, 2.45) is 0 Å². The number of ketones is 1. The number of nitrogens with zero attached hydrogens (tertiary/aromatic N) is 2. The van der Waals surface area contributed by atoms with Crippen molar-refractivity contribution in [1.29, 1.82) is 0 Å². The topological polar surface area (TPSA) is 103 Å². The molecule has 2 heterocycles. The van der Waals surface area contributed by atoms with Gasteiger partial charge in [-0.2, -0.15) is 4.98 Å². The molecule has 0 aliphatic carbocycles. The zero-order chi connectivity index (χ0) is 26.5. The molecule has 4 aromatic rings. The van der Waals surface area contributed by atoms with Gasteiger partial charge in [0.05, 0.1) is 11.6 Å². The molecule has 9 nitrogen and oxygen atoms in total. The van der Waals surface area contributed by atoms with Crippen molar-refractivity contribution in [2.45, 2.75) is 38.6 Å². The van der Waals surface area contributed by atoms with Crippen molar-refractivity contribution in [3.8, 4) is 0 Å². The van der Waals surface area contributed by atoms with Crippen molar-refractivity contribution in [3.05, 3.63) is 89.5 Å². The van der Waals surface area contributed by atoms with E-state index < -0.39 is 18.4 Å². The van der Waals surface area contributed by atoms with Crippen molar-refractivity contribution in [3.63, 3.8) is 0 Å². The molecular weight excluding hydrogens is 486 g/mol. The third-order valence-corrected chi connectivity index (χ3v) is 6.57. The lowest BCUT2D eigenvalue weighted by molar-refractivity contribution is -0.374. The number of carbonyl (C=O) groups is 2. The van der Waals surface area contributed by atoms with Crippen molar-refractivity contribution in [2.75, 3.05) is 19.0 Å². The van der Waals surface area contributed by atoms with Gasteiger partial charge < -0.3 is 14.5 Å². The number of anilines is 2. The Bertz CT molecular complexity index is 1420. The molecule has 0 spiro atoms. The Morgan fingerprint density at radius 2 is 1.89 bits per heavy atom. The molecule has 9 heteroatoms. The first kappa shape index (κ1) is 25.6. The van der Waals surface area contributed by atoms with Crippen LogP contribution in [0.5, 0.6) is 0 Å². The fourth-order valence-corrected chi connectivity index (χ4v) is 4.60. The first-order valence-electron chi connectivity index (χ1n) is 12.5. The highest BCUT2D eigenvalue weighted by molar-refractivity contribution is 5.89. The van der Waals surface area contributed by atoms with E-state index in [1.807, 2.05) is 49.4 Å². The van der Waals surface area contributed by atoms with Crippen LogP contribution in [0.2, 0.25) is 0 Å². The molecule has 1 fully saturated rings. The number of nitrogens with one attached hydrogen (secondary N) is 1. The lowest BCUT2D eigenvalue weighted by Gasteiger charge is -2.29. The molecule has 1 aliphatic heterocycles. The first-order valence-corrected chi connectivity index (χ1v) is 12.5. The summed E-state index contributed by atoms with van der Waals surface area (Å²) in [5.41, 5.74) is 4.47. The molecule has 1 saturated heterocycles. The summed E-state index contributed by atoms with van der Waals surface area (Å²) in [6, 6.07) is 21.9. The van der Waals surface area contributed by atoms with Gasteiger partial charge in [-0.05, 0) is 61.2 Å². The highest BCUT2D eigenvalue weighted by Gasteiger charge is 2.37. The number of likely N-dealkylation sites (tertiary alicyclic amines) is 1. The molecule has 0 saturated carbocycles. The molecule has 196 valence electrons. The van der Waals surface area contributed by atoms with Crippen molar-refractivity contribution < 1.29 is 28.5 Å². The van der Waals surface area contributed by atoms with Crippen LogP contribution >= 0.6 is 0 Å². The van der Waals surface area contributed by atoms with Gasteiger partial charge in [0.25, 0.3) is 12.4 Å². The van der Waals surface area contributed by atoms with E-state index in [0.29, 0.717) is 35.6 Å². The zero-order valence-corrected chi connectivity index (χ0v) is 21.3. The minimum absolute atomic E-state index is 0.0136. The molecule has 0 bridgehead atoms. The molecule has 2 unspecified atom stereocenters. The third kappa shape index (κ3) is 5.75. The van der Waals surface area contributed by atoms with Crippen LogP contribution in [0, 0.1) is 6.92 Å². The first-order chi connectivity index (χ1) is 18.5. The number of Topliss-reactive ketones (excluding diaryl/α,β-unsaturated/α-hetero) is 1. The highest BCUT2D eigenvalue weighted by atomic mass is 17.2. The maximum atomic E-state index is 13.3. The SMILES string of the molecule is COC(OOC(=O)c1ccccc1)N1CCCC1C(=O)Cc1ccc2nc(Nc3ccccc3C)oc2c1. The summed E-state index contributed by atoms with van der Waals surface area (Å²) < 4.78 is 11.3. The lowest BCUT2D eigenvalue weighted by Crippen LogP contribution is -2.46. The van der Waals surface area contributed by atoms with Crippen LogP contribution in [0.3, 0.4) is 0 Å². The van der Waals surface area contributed by atoms with E-state index in [4.69, 9.17) is 18.9 Å². The van der Waals surface area contributed by atoms with E-state index in [9.17, 15) is 9.59 Å². The molecule has 3 aromatic carbocycles. The zero-order valence-electron chi connectivity index (χ0n) is 21.3. The van der Waals surface area contributed by atoms with Crippen LogP contribution in [0.25, 0.3) is 11.1 Å². The van der Waals surface area contributed by atoms with E-state index in [2.05, 4.69) is 10.3 Å². The Balaban J connectivity index is 1.23. The van der Waals surface area contributed by atoms with Crippen LogP contribution < -0.4 is 5.32 Å². The molecule has 38 heavy (non-hydrogen) atoms. The largest absolute Gasteiger partial charge is 0.423 e. The summed E-state index contributed by atoms with van der Waals surface area (Å²) in [5.74, 6) is -0.619. The number of benzene rings is 3. The second kappa shape index (κ2) is 11.6. The minimum Gasteiger partial charge on any atom is -0.423 e. The molecule has 1 aliphatic rings. The number of ether oxygens (including phenoxy) is 1. The second-order valence-corrected chi connectivity index (χ2v) is 9.18. The van der Waals surface area contributed by atoms with E-state index in [0.717, 1.165) is 23.2 Å². The smallest absolute Gasteiger partial charge is 0.373 e. The number of rotatable bonds is 10. The Kier molecular flexibility index (Phi) is 7.78. The Labute approximate surface area is 220 Å². The number of fused-ring (bicyclic) bond motifs is 1. The quantitative estimate of drug-likeness (QED) is 0.174. The average molecular weight is 516 g/mol. The van der Waals surface area contributed by atoms with Gasteiger partial charge in [-0.1, -0.05) is 42.5 Å². The molecule has 0 radical (unpaired) electrons. The lowest BCUT2D eigenvalue weighted by atomic mass is 10.0. The van der Waals surface area contributed by atoms with Gasteiger partial charge in [0.2, 0.25) is 0 Å². The Morgan fingerprint density at radius 1 is 1.11 bits per heavy atom. The molecule has 5 rings (SSSR count). The fourth-order valence-electron chi connectivity index (χ4n) is 4.60. The molecular formula is C29H29N3O6. The summed E-state index contributed by atoms with van der Waals surface area (Å²) >= 11 is 0. The summed E-state index contributed by atoms with van der Waals surface area (Å²) in [4.78, 5) is 42.2. The van der Waals surface area contributed by atoms with E-state index in [1.54, 1.807) is 35.2 Å². The fraction of sp³-hybridized carbons (Fsp3) is 0.276. The summed E-state index contributed by atoms with van der Waals surface area (Å²) in [7, 11) is 1.45. The minimum atomic E-state index is -0.994. The van der Waals surface area contributed by atoms with Gasteiger partial charge in [-0.3, -0.25) is 9.68 Å². The Morgan fingerprint density at radius 3 is 2.68 bits per heavy atom. The second-order valence-electron chi connectivity index (χ2n) is 9.18. The van der Waals surface area contributed by atoms with Gasteiger partial charge in [0.1, 0.15) is 5.52 Å². The number of aromatic nitrogens is 1. The standard InChI is InChI=1S/C29H29N3O6/c1-19-9-6-7-12-22(19)30-28-31-23-15-14-20(18-26(23)36-28)17-25(33)24-13-8-16-32(24)29(35-2)38-37-27(34)21-10-4-3-5-11-21/h3-7,9-12,14-15,18,24,29H,8,13,16-17H2,1-2H3,(H,30,31). The van der Waals surface area contributed by atoms with E-state index in [-0.39, 0.29) is 12.2 Å². The maximum Gasteiger partial charge on any atom is 0.373 e. The molecule has 1 aromatic heterocycles. The number of para-hydroxylation sites is 1. The number of oxazole rings is 1. The van der Waals surface area contributed by atoms with Crippen molar-refractivity contribution in [1.82, 2.24) is 9.88 Å². The van der Waals surface area contributed by atoms with Crippen LogP contribution in [0.15, 0.2) is 77.2 Å². The number of hydrogen-bond donors (Lipinski definition) is 1. The normalized spacial score (nSPS) is 16.4. The predicted molar refractivity (Wildman–Crippen MR) is 141 cm³/mol. The van der Waals surface area contributed by atoms with Crippen LogP contribution in [0.1, 0.15) is 34.3 Å². The number of hydrogen-bond acceptors (Lipinski definition) is 9. The summed E-state index contributed by atoms with van der Waals surface area (Å²) in [6.45, 7) is 2.58. The van der Waals surface area contributed by atoms with Crippen LogP contribution in [-0.2, 0) is 25.7 Å². The van der Waals surface area contributed by atoms with Gasteiger partial charge >= 0.3 is 5.97 Å². The monoisotopic (exact) mass is 515 g/mol. The van der Waals surface area contributed by atoms with Crippen LogP contribution in [0.4, 0.5) is 11.7 Å². The molecule has 0 amide bonds. The summed E-state index contributed by atoms with van der Waals surface area (Å²) in [5, 5.41) is 3.21. The predicted octanol–water partition coefficient (Wildman–Crippen LogP) is 5.17. The van der Waals surface area contributed by atoms with E-state index in [1.165, 1.54) is 7.11 Å². The van der Waals surface area contributed by atoms with Gasteiger partial charge in [-0.15, -0.1) is 4.89 Å². The number of carbonyl (C=O) groups excluding carboxylic acids is 2. The average Bonchev–Trinajstić information content (AvgIpc) is 3.58. The van der Waals surface area contributed by atoms with Gasteiger partial charge in [-0.25, -0.2) is 9.69 Å².